The third kappa shape index (κ3) is 2.67. The number of nitrogen functional groups attached to an aromatic ring is 1. The quantitative estimate of drug-likeness (QED) is 0.787. The molecule has 1 heterocycles. The van der Waals surface area contributed by atoms with Crippen molar-refractivity contribution in [1.82, 2.24) is 4.98 Å². The van der Waals surface area contributed by atoms with Gasteiger partial charge in [-0.15, -0.1) is 0 Å². The standard InChI is InChI=1S/C11H19N3O/c1-4-15-11(2,3)9(12)8-6-5-7-14-10(8)13/h5-7,9H,4,12H2,1-3H3,(H2,13,14). The van der Waals surface area contributed by atoms with E-state index in [0.29, 0.717) is 12.4 Å². The zero-order valence-corrected chi connectivity index (χ0v) is 9.53. The van der Waals surface area contributed by atoms with Gasteiger partial charge >= 0.3 is 0 Å². The average molecular weight is 209 g/mol. The van der Waals surface area contributed by atoms with Gasteiger partial charge in [-0.25, -0.2) is 4.98 Å². The maximum atomic E-state index is 6.11. The Balaban J connectivity index is 2.93. The first-order chi connectivity index (χ1) is 6.99. The average Bonchev–Trinajstić information content (AvgIpc) is 2.17. The van der Waals surface area contributed by atoms with Crippen molar-refractivity contribution in [2.45, 2.75) is 32.4 Å². The smallest absolute Gasteiger partial charge is 0.128 e. The fourth-order valence-corrected chi connectivity index (χ4v) is 1.53. The summed E-state index contributed by atoms with van der Waals surface area (Å²) in [5, 5.41) is 0. The summed E-state index contributed by atoms with van der Waals surface area (Å²) in [5.41, 5.74) is 12.3. The van der Waals surface area contributed by atoms with Gasteiger partial charge in [0.25, 0.3) is 0 Å². The van der Waals surface area contributed by atoms with E-state index in [4.69, 9.17) is 16.2 Å². The van der Waals surface area contributed by atoms with Crippen molar-refractivity contribution < 1.29 is 4.74 Å². The van der Waals surface area contributed by atoms with E-state index in [-0.39, 0.29) is 6.04 Å². The number of ether oxygens (including phenoxy) is 1. The highest BCUT2D eigenvalue weighted by Gasteiger charge is 2.29. The maximum absolute atomic E-state index is 6.11. The summed E-state index contributed by atoms with van der Waals surface area (Å²) in [6, 6.07) is 3.44. The lowest BCUT2D eigenvalue weighted by Crippen LogP contribution is -2.38. The first-order valence-corrected chi connectivity index (χ1v) is 5.09. The molecule has 15 heavy (non-hydrogen) atoms. The van der Waals surface area contributed by atoms with Crippen molar-refractivity contribution in [3.63, 3.8) is 0 Å². The zero-order chi connectivity index (χ0) is 11.5. The van der Waals surface area contributed by atoms with Crippen LogP contribution in [0.15, 0.2) is 18.3 Å². The van der Waals surface area contributed by atoms with E-state index in [0.717, 1.165) is 5.56 Å². The number of rotatable bonds is 4. The minimum atomic E-state index is -0.439. The zero-order valence-electron chi connectivity index (χ0n) is 9.53. The van der Waals surface area contributed by atoms with Crippen LogP contribution in [0.5, 0.6) is 0 Å². The largest absolute Gasteiger partial charge is 0.383 e. The van der Waals surface area contributed by atoms with Gasteiger partial charge in [0, 0.05) is 18.4 Å². The number of hydrogen-bond acceptors (Lipinski definition) is 4. The van der Waals surface area contributed by atoms with Crippen LogP contribution in [-0.4, -0.2) is 17.2 Å². The lowest BCUT2D eigenvalue weighted by atomic mass is 9.93. The van der Waals surface area contributed by atoms with Gasteiger partial charge in [-0.2, -0.15) is 0 Å². The Morgan fingerprint density at radius 1 is 1.53 bits per heavy atom. The van der Waals surface area contributed by atoms with Crippen LogP contribution in [0, 0.1) is 0 Å². The van der Waals surface area contributed by atoms with E-state index in [1.807, 2.05) is 32.9 Å². The van der Waals surface area contributed by atoms with Crippen molar-refractivity contribution in [3.05, 3.63) is 23.9 Å². The summed E-state index contributed by atoms with van der Waals surface area (Å²) >= 11 is 0. The molecular weight excluding hydrogens is 190 g/mol. The molecular formula is C11H19N3O. The highest BCUT2D eigenvalue weighted by Crippen LogP contribution is 2.28. The Labute approximate surface area is 90.6 Å². The van der Waals surface area contributed by atoms with Crippen LogP contribution < -0.4 is 11.5 Å². The molecule has 1 unspecified atom stereocenters. The van der Waals surface area contributed by atoms with Crippen LogP contribution in [0.25, 0.3) is 0 Å². The van der Waals surface area contributed by atoms with E-state index >= 15 is 0 Å². The molecule has 0 aliphatic heterocycles. The van der Waals surface area contributed by atoms with Crippen LogP contribution >= 0.6 is 0 Å². The molecule has 4 heteroatoms. The van der Waals surface area contributed by atoms with E-state index in [9.17, 15) is 0 Å². The molecule has 0 amide bonds. The normalized spacial score (nSPS) is 13.9. The Bertz CT molecular complexity index is 325. The molecule has 0 spiro atoms. The Morgan fingerprint density at radius 2 is 2.20 bits per heavy atom. The number of pyridine rings is 1. The summed E-state index contributed by atoms with van der Waals surface area (Å²) in [6.07, 6.45) is 1.65. The number of anilines is 1. The molecule has 1 aromatic rings. The molecule has 4 N–H and O–H groups in total. The van der Waals surface area contributed by atoms with Crippen molar-refractivity contribution in [3.8, 4) is 0 Å². The maximum Gasteiger partial charge on any atom is 0.128 e. The number of nitrogens with two attached hydrogens (primary N) is 2. The minimum absolute atomic E-state index is 0.272. The SMILES string of the molecule is CCOC(C)(C)C(N)c1cccnc1N. The first-order valence-electron chi connectivity index (χ1n) is 5.09. The lowest BCUT2D eigenvalue weighted by Gasteiger charge is -2.31. The predicted octanol–water partition coefficient (Wildman–Crippen LogP) is 1.48. The molecule has 4 nitrogen and oxygen atoms in total. The van der Waals surface area contributed by atoms with E-state index in [1.165, 1.54) is 0 Å². The van der Waals surface area contributed by atoms with E-state index in [2.05, 4.69) is 4.98 Å². The molecule has 1 aromatic heterocycles. The summed E-state index contributed by atoms with van der Waals surface area (Å²) < 4.78 is 5.59. The summed E-state index contributed by atoms with van der Waals surface area (Å²) in [7, 11) is 0. The van der Waals surface area contributed by atoms with Crippen molar-refractivity contribution >= 4 is 5.82 Å². The highest BCUT2D eigenvalue weighted by atomic mass is 16.5. The molecule has 84 valence electrons. The second-order valence-electron chi connectivity index (χ2n) is 3.99. The second kappa shape index (κ2) is 4.59. The molecule has 0 bridgehead atoms. The van der Waals surface area contributed by atoms with Crippen LogP contribution in [-0.2, 0) is 4.74 Å². The van der Waals surface area contributed by atoms with Gasteiger partial charge in [0.05, 0.1) is 11.6 Å². The molecule has 0 saturated carbocycles. The van der Waals surface area contributed by atoms with Crippen LogP contribution in [0.1, 0.15) is 32.4 Å². The Morgan fingerprint density at radius 3 is 2.73 bits per heavy atom. The summed E-state index contributed by atoms with van der Waals surface area (Å²) in [5.74, 6) is 0.470. The first kappa shape index (κ1) is 11.9. The highest BCUT2D eigenvalue weighted by molar-refractivity contribution is 5.41. The summed E-state index contributed by atoms with van der Waals surface area (Å²) in [4.78, 5) is 4.02. The van der Waals surface area contributed by atoms with Gasteiger partial charge in [-0.05, 0) is 26.8 Å². The fourth-order valence-electron chi connectivity index (χ4n) is 1.53. The van der Waals surface area contributed by atoms with Crippen LogP contribution in [0.3, 0.4) is 0 Å². The number of hydrogen-bond donors (Lipinski definition) is 2. The third-order valence-electron chi connectivity index (χ3n) is 2.47. The van der Waals surface area contributed by atoms with E-state index in [1.54, 1.807) is 6.20 Å². The monoisotopic (exact) mass is 209 g/mol. The van der Waals surface area contributed by atoms with Crippen LogP contribution in [0.4, 0.5) is 5.82 Å². The number of aromatic nitrogens is 1. The molecule has 0 aliphatic rings. The molecule has 0 aromatic carbocycles. The molecule has 0 saturated heterocycles. The van der Waals surface area contributed by atoms with Crippen LogP contribution in [0.2, 0.25) is 0 Å². The molecule has 0 aliphatic carbocycles. The van der Waals surface area contributed by atoms with Crippen molar-refractivity contribution in [1.29, 1.82) is 0 Å². The Kier molecular flexibility index (Phi) is 3.66. The van der Waals surface area contributed by atoms with Gasteiger partial charge in [-0.3, -0.25) is 0 Å². The van der Waals surface area contributed by atoms with E-state index < -0.39 is 5.60 Å². The van der Waals surface area contributed by atoms with Gasteiger partial charge in [-0.1, -0.05) is 6.07 Å². The second-order valence-corrected chi connectivity index (χ2v) is 3.99. The van der Waals surface area contributed by atoms with Crippen molar-refractivity contribution in [2.75, 3.05) is 12.3 Å². The minimum Gasteiger partial charge on any atom is -0.383 e. The fraction of sp³-hybridized carbons (Fsp3) is 0.545. The van der Waals surface area contributed by atoms with Gasteiger partial charge < -0.3 is 16.2 Å². The molecule has 1 rings (SSSR count). The lowest BCUT2D eigenvalue weighted by molar-refractivity contribution is -0.0297. The summed E-state index contributed by atoms with van der Waals surface area (Å²) in [6.45, 7) is 6.48. The molecule has 0 radical (unpaired) electrons. The predicted molar refractivity (Wildman–Crippen MR) is 61.3 cm³/mol. The van der Waals surface area contributed by atoms with Gasteiger partial charge in [0.2, 0.25) is 0 Å². The van der Waals surface area contributed by atoms with Gasteiger partial charge in [0.1, 0.15) is 5.82 Å². The number of nitrogens with zero attached hydrogens (tertiary/aromatic N) is 1. The van der Waals surface area contributed by atoms with Gasteiger partial charge in [0.15, 0.2) is 0 Å². The van der Waals surface area contributed by atoms with Crippen molar-refractivity contribution in [2.24, 2.45) is 5.73 Å². The third-order valence-corrected chi connectivity index (χ3v) is 2.47. The topological polar surface area (TPSA) is 74.2 Å². The Hall–Kier alpha value is -1.13. The molecule has 0 fully saturated rings. The molecule has 1 atom stereocenters.